The van der Waals surface area contributed by atoms with E-state index >= 15 is 0 Å². The molecule has 0 unspecified atom stereocenters. The van der Waals surface area contributed by atoms with E-state index in [1.165, 1.54) is 54.6 Å². The van der Waals surface area contributed by atoms with Crippen molar-refractivity contribution >= 4 is 39.1 Å². The molecule has 2 heterocycles. The van der Waals surface area contributed by atoms with Gasteiger partial charge in [0.15, 0.2) is 30.5 Å². The number of benzene rings is 3. The van der Waals surface area contributed by atoms with E-state index in [1.54, 1.807) is 6.07 Å². The van der Waals surface area contributed by atoms with Crippen molar-refractivity contribution in [2.45, 2.75) is 4.90 Å². The third-order valence-corrected chi connectivity index (χ3v) is 6.84. The number of hydrogen-bond acceptors (Lipinski definition) is 9. The van der Waals surface area contributed by atoms with Crippen molar-refractivity contribution in [3.05, 3.63) is 71.8 Å². The number of ether oxygens (including phenoxy) is 4. The first kappa shape index (κ1) is 24.1. The Labute approximate surface area is 211 Å². The largest absolute Gasteiger partial charge is 0.486 e. The summed E-state index contributed by atoms with van der Waals surface area (Å²) in [5.74, 6) is -0.309. The maximum atomic E-state index is 12.8. The maximum Gasteiger partial charge on any atom is 0.338 e. The highest BCUT2D eigenvalue weighted by Crippen LogP contribution is 2.33. The molecule has 0 aliphatic carbocycles. The van der Waals surface area contributed by atoms with Crippen LogP contribution in [0.25, 0.3) is 0 Å². The van der Waals surface area contributed by atoms with Gasteiger partial charge in [-0.2, -0.15) is 0 Å². The molecule has 11 nitrogen and oxygen atoms in total. The van der Waals surface area contributed by atoms with Gasteiger partial charge in [-0.1, -0.05) is 0 Å². The Bertz CT molecular complexity index is 1500. The second kappa shape index (κ2) is 9.82. The maximum absolute atomic E-state index is 12.8. The summed E-state index contributed by atoms with van der Waals surface area (Å²) < 4.78 is 49.1. The molecular weight excluding hydrogens is 504 g/mol. The summed E-state index contributed by atoms with van der Waals surface area (Å²) in [4.78, 5) is 36.3. The van der Waals surface area contributed by atoms with E-state index in [0.29, 0.717) is 36.1 Å². The molecule has 0 fully saturated rings. The molecule has 0 atom stereocenters. The Morgan fingerprint density at radius 3 is 2.35 bits per heavy atom. The van der Waals surface area contributed by atoms with E-state index in [2.05, 4.69) is 10.0 Å². The van der Waals surface area contributed by atoms with Crippen LogP contribution >= 0.6 is 0 Å². The third kappa shape index (κ3) is 5.33. The van der Waals surface area contributed by atoms with Crippen LogP contribution in [0.2, 0.25) is 0 Å². The van der Waals surface area contributed by atoms with E-state index in [4.69, 9.17) is 18.9 Å². The third-order valence-electron chi connectivity index (χ3n) is 5.47. The van der Waals surface area contributed by atoms with Gasteiger partial charge in [0.1, 0.15) is 19.0 Å². The van der Waals surface area contributed by atoms with Gasteiger partial charge < -0.3 is 24.3 Å². The van der Waals surface area contributed by atoms with Crippen LogP contribution in [0.1, 0.15) is 20.7 Å². The molecule has 0 bridgehead atoms. The van der Waals surface area contributed by atoms with Crippen LogP contribution in [0.4, 0.5) is 11.4 Å². The van der Waals surface area contributed by atoms with Gasteiger partial charge in [0.25, 0.3) is 15.9 Å². The van der Waals surface area contributed by atoms with E-state index in [0.717, 1.165) is 0 Å². The number of ketones is 1. The van der Waals surface area contributed by atoms with E-state index in [-0.39, 0.29) is 34.2 Å². The summed E-state index contributed by atoms with van der Waals surface area (Å²) in [7, 11) is -3.92. The molecule has 3 aromatic rings. The zero-order valence-electron chi connectivity index (χ0n) is 19.2. The number of anilines is 2. The van der Waals surface area contributed by atoms with Gasteiger partial charge in [-0.3, -0.25) is 14.3 Å². The minimum absolute atomic E-state index is 0.00736. The number of rotatable bonds is 7. The molecule has 0 spiro atoms. The molecule has 2 N–H and O–H groups in total. The van der Waals surface area contributed by atoms with Crippen molar-refractivity contribution in [2.75, 3.05) is 36.5 Å². The van der Waals surface area contributed by atoms with Crippen LogP contribution in [0.3, 0.4) is 0 Å². The highest BCUT2D eigenvalue weighted by molar-refractivity contribution is 7.92. The molecule has 3 aromatic carbocycles. The van der Waals surface area contributed by atoms with Gasteiger partial charge in [-0.25, -0.2) is 13.2 Å². The van der Waals surface area contributed by atoms with Gasteiger partial charge in [0, 0.05) is 17.3 Å². The van der Waals surface area contributed by atoms with Crippen molar-refractivity contribution in [1.82, 2.24) is 0 Å². The van der Waals surface area contributed by atoms with E-state index < -0.39 is 28.4 Å². The number of carbonyl (C=O) groups is 3. The predicted molar refractivity (Wildman–Crippen MR) is 130 cm³/mol. The summed E-state index contributed by atoms with van der Waals surface area (Å²) in [5.41, 5.74) is 0.950. The molecule has 0 saturated heterocycles. The number of nitrogens with one attached hydrogen (secondary N) is 2. The molecule has 0 aromatic heterocycles. The fourth-order valence-corrected chi connectivity index (χ4v) is 4.71. The number of Topliss-reactive ketones (excluding diaryl/α,β-unsaturated/α-hetero) is 1. The van der Waals surface area contributed by atoms with Crippen LogP contribution in [-0.2, 0) is 19.6 Å². The average molecular weight is 525 g/mol. The molecule has 2 aliphatic heterocycles. The van der Waals surface area contributed by atoms with Crippen LogP contribution in [-0.4, -0.2) is 52.5 Å². The van der Waals surface area contributed by atoms with Crippen molar-refractivity contribution in [3.8, 4) is 17.2 Å². The van der Waals surface area contributed by atoms with Crippen LogP contribution < -0.4 is 24.2 Å². The second-order valence-corrected chi connectivity index (χ2v) is 9.72. The molecule has 1 amide bonds. The minimum Gasteiger partial charge on any atom is -0.486 e. The highest BCUT2D eigenvalue weighted by atomic mass is 32.2. The summed E-state index contributed by atoms with van der Waals surface area (Å²) in [5, 5.41) is 2.61. The van der Waals surface area contributed by atoms with E-state index in [9.17, 15) is 22.8 Å². The number of hydrogen-bond donors (Lipinski definition) is 2. The number of fused-ring (bicyclic) bond motifs is 2. The van der Waals surface area contributed by atoms with Crippen LogP contribution in [0, 0.1) is 0 Å². The molecule has 37 heavy (non-hydrogen) atoms. The smallest absolute Gasteiger partial charge is 0.338 e. The van der Waals surface area contributed by atoms with Crippen molar-refractivity contribution in [2.24, 2.45) is 0 Å². The first-order valence-corrected chi connectivity index (χ1v) is 12.6. The van der Waals surface area contributed by atoms with E-state index in [1.807, 2.05) is 0 Å². The zero-order valence-corrected chi connectivity index (χ0v) is 20.0. The Kier molecular flexibility index (Phi) is 6.40. The quantitative estimate of drug-likeness (QED) is 0.352. The van der Waals surface area contributed by atoms with Gasteiger partial charge in [0.05, 0.1) is 16.1 Å². The van der Waals surface area contributed by atoms with Crippen molar-refractivity contribution < 1.29 is 41.7 Å². The minimum atomic E-state index is -3.92. The molecule has 5 rings (SSSR count). The Morgan fingerprint density at radius 1 is 0.865 bits per heavy atom. The number of amides is 1. The average Bonchev–Trinajstić information content (AvgIpc) is 2.91. The SMILES string of the molecule is O=C1COc2ccc(C(=O)COC(=O)c3ccc(NS(=O)(=O)c4ccc5c(c4)OCCO5)cc3)cc2N1. The lowest BCUT2D eigenvalue weighted by Crippen LogP contribution is -2.25. The van der Waals surface area contributed by atoms with Gasteiger partial charge >= 0.3 is 5.97 Å². The molecule has 190 valence electrons. The molecule has 12 heteroatoms. The van der Waals surface area contributed by atoms with Crippen molar-refractivity contribution in [3.63, 3.8) is 0 Å². The van der Waals surface area contributed by atoms with Crippen LogP contribution in [0.15, 0.2) is 65.6 Å². The molecule has 0 saturated carbocycles. The Balaban J connectivity index is 1.19. The normalized spacial score (nSPS) is 14.0. The summed E-state index contributed by atoms with van der Waals surface area (Å²) in [6.07, 6.45) is 0. The van der Waals surface area contributed by atoms with Crippen LogP contribution in [0.5, 0.6) is 17.2 Å². The standard InChI is InChI=1S/C25H20N2O9S/c28-20(16-3-7-21-19(11-16)26-24(29)14-35-21)13-36-25(30)15-1-4-17(5-2-15)27-37(31,32)18-6-8-22-23(12-18)34-10-9-33-22/h1-8,11-12,27H,9-10,13-14H2,(H,26,29). The van der Waals surface area contributed by atoms with Gasteiger partial charge in [-0.15, -0.1) is 0 Å². The fourth-order valence-electron chi connectivity index (χ4n) is 3.63. The fraction of sp³-hybridized carbons (Fsp3) is 0.160. The lowest BCUT2D eigenvalue weighted by molar-refractivity contribution is -0.118. The van der Waals surface area contributed by atoms with Gasteiger partial charge in [-0.05, 0) is 54.6 Å². The summed E-state index contributed by atoms with van der Waals surface area (Å²) in [6, 6.07) is 14.4. The lowest BCUT2D eigenvalue weighted by atomic mass is 10.1. The zero-order chi connectivity index (χ0) is 26.0. The monoisotopic (exact) mass is 524 g/mol. The first-order valence-electron chi connectivity index (χ1n) is 11.1. The first-order chi connectivity index (χ1) is 17.8. The Morgan fingerprint density at radius 2 is 1.57 bits per heavy atom. The van der Waals surface area contributed by atoms with Gasteiger partial charge in [0.2, 0.25) is 0 Å². The molecule has 2 aliphatic rings. The highest BCUT2D eigenvalue weighted by Gasteiger charge is 2.21. The topological polar surface area (TPSA) is 146 Å². The van der Waals surface area contributed by atoms with Crippen molar-refractivity contribution in [1.29, 1.82) is 0 Å². The Hall–Kier alpha value is -4.58. The predicted octanol–water partition coefficient (Wildman–Crippen LogP) is 2.63. The number of sulfonamides is 1. The molecular formula is C25H20N2O9S. The summed E-state index contributed by atoms with van der Waals surface area (Å²) in [6.45, 7) is 0.0957. The lowest BCUT2D eigenvalue weighted by Gasteiger charge is -2.19. The number of esters is 1. The molecule has 0 radical (unpaired) electrons. The summed E-state index contributed by atoms with van der Waals surface area (Å²) >= 11 is 0. The number of carbonyl (C=O) groups excluding carboxylic acids is 3. The second-order valence-electron chi connectivity index (χ2n) is 8.04.